The molecular weight excluding hydrogens is 302 g/mol. The first-order chi connectivity index (χ1) is 10.8. The van der Waals surface area contributed by atoms with Crippen LogP contribution in [0.4, 0.5) is 16.2 Å². The summed E-state index contributed by atoms with van der Waals surface area (Å²) in [5.41, 5.74) is -0.328. The molecule has 0 radical (unpaired) electrons. The van der Waals surface area contributed by atoms with Crippen LogP contribution in [0.15, 0.2) is 23.3 Å². The molecule has 1 aromatic carbocycles. The Bertz CT molecular complexity index is 702. The molecule has 23 heavy (non-hydrogen) atoms. The Balaban J connectivity index is 2.27. The highest BCUT2D eigenvalue weighted by Crippen LogP contribution is 2.25. The number of imide groups is 1. The predicted octanol–water partition coefficient (Wildman–Crippen LogP) is 1.69. The fourth-order valence-electron chi connectivity index (χ4n) is 2.13. The Kier molecular flexibility index (Phi) is 4.30. The molecule has 0 aromatic heterocycles. The van der Waals surface area contributed by atoms with Gasteiger partial charge in [-0.3, -0.25) is 14.9 Å². The van der Waals surface area contributed by atoms with Crippen LogP contribution in [-0.4, -0.2) is 40.7 Å². The van der Waals surface area contributed by atoms with Crippen molar-refractivity contribution >= 4 is 29.5 Å². The zero-order valence-corrected chi connectivity index (χ0v) is 13.0. The molecular formula is C14H17N5O4. The van der Waals surface area contributed by atoms with E-state index in [2.05, 4.69) is 15.7 Å². The Morgan fingerprint density at radius 2 is 2.17 bits per heavy atom. The summed E-state index contributed by atoms with van der Waals surface area (Å²) in [6.07, 6.45) is 1.68. The van der Waals surface area contributed by atoms with Crippen molar-refractivity contribution < 1.29 is 14.5 Å². The predicted molar refractivity (Wildman–Crippen MR) is 84.3 cm³/mol. The van der Waals surface area contributed by atoms with Gasteiger partial charge in [0.25, 0.3) is 11.6 Å². The topological polar surface area (TPSA) is 117 Å². The molecule has 3 amide bonds. The van der Waals surface area contributed by atoms with E-state index in [4.69, 9.17) is 0 Å². The van der Waals surface area contributed by atoms with Crippen molar-refractivity contribution in [3.63, 3.8) is 0 Å². The van der Waals surface area contributed by atoms with Crippen LogP contribution in [0.1, 0.15) is 25.8 Å². The molecule has 1 atom stereocenters. The summed E-state index contributed by atoms with van der Waals surface area (Å²) in [7, 11) is 1.58. The molecule has 2 N–H and O–H groups in total. The third-order valence-electron chi connectivity index (χ3n) is 3.76. The number of nitro benzene ring substituents is 1. The molecule has 0 bridgehead atoms. The third kappa shape index (κ3) is 2.98. The highest BCUT2D eigenvalue weighted by molar-refractivity contribution is 6.07. The second-order valence-electron chi connectivity index (χ2n) is 5.26. The maximum atomic E-state index is 12.2. The molecule has 122 valence electrons. The molecule has 1 unspecified atom stereocenters. The van der Waals surface area contributed by atoms with Gasteiger partial charge in [-0.05, 0) is 19.4 Å². The lowest BCUT2D eigenvalue weighted by molar-refractivity contribution is -0.383. The summed E-state index contributed by atoms with van der Waals surface area (Å²) in [6, 6.07) is 3.82. The van der Waals surface area contributed by atoms with Crippen LogP contribution in [0.3, 0.4) is 0 Å². The molecule has 2 rings (SSSR count). The van der Waals surface area contributed by atoms with Gasteiger partial charge in [-0.25, -0.2) is 4.79 Å². The van der Waals surface area contributed by atoms with Crippen molar-refractivity contribution in [2.24, 2.45) is 5.10 Å². The van der Waals surface area contributed by atoms with Crippen LogP contribution in [0.2, 0.25) is 0 Å². The van der Waals surface area contributed by atoms with Gasteiger partial charge in [0, 0.05) is 18.7 Å². The van der Waals surface area contributed by atoms with E-state index in [1.165, 1.54) is 18.3 Å². The van der Waals surface area contributed by atoms with Gasteiger partial charge >= 0.3 is 6.03 Å². The summed E-state index contributed by atoms with van der Waals surface area (Å²) in [4.78, 5) is 34.5. The van der Waals surface area contributed by atoms with Gasteiger partial charge in [-0.1, -0.05) is 13.0 Å². The molecule has 9 heteroatoms. The van der Waals surface area contributed by atoms with Gasteiger partial charge in [0.05, 0.1) is 11.1 Å². The zero-order valence-electron chi connectivity index (χ0n) is 13.0. The van der Waals surface area contributed by atoms with E-state index in [9.17, 15) is 19.7 Å². The lowest BCUT2D eigenvalue weighted by Crippen LogP contribution is -2.42. The van der Waals surface area contributed by atoms with Crippen LogP contribution >= 0.6 is 0 Å². The smallest absolute Gasteiger partial charge is 0.346 e. The van der Waals surface area contributed by atoms with Crippen molar-refractivity contribution in [1.29, 1.82) is 0 Å². The van der Waals surface area contributed by atoms with Crippen molar-refractivity contribution in [2.75, 3.05) is 12.4 Å². The van der Waals surface area contributed by atoms with E-state index < -0.39 is 22.4 Å². The van der Waals surface area contributed by atoms with Crippen molar-refractivity contribution in [1.82, 2.24) is 10.3 Å². The van der Waals surface area contributed by atoms with Crippen LogP contribution in [0, 0.1) is 10.1 Å². The van der Waals surface area contributed by atoms with Crippen LogP contribution in [0.25, 0.3) is 0 Å². The molecule has 1 aliphatic heterocycles. The number of rotatable bonds is 5. The van der Waals surface area contributed by atoms with E-state index >= 15 is 0 Å². The maximum Gasteiger partial charge on any atom is 0.346 e. The first-order valence-corrected chi connectivity index (χ1v) is 6.99. The lowest BCUT2D eigenvalue weighted by Gasteiger charge is -2.17. The highest BCUT2D eigenvalue weighted by Gasteiger charge is 2.46. The summed E-state index contributed by atoms with van der Waals surface area (Å²) in [5, 5.41) is 20.9. The standard InChI is InChI=1S/C14H17N5O4/c1-4-14(2)12(20)18(13(21)17-14)16-8-9-5-6-10(15-3)11(7-9)19(22)23/h5-8,15H,4H2,1-3H3,(H,17,21). The second-order valence-corrected chi connectivity index (χ2v) is 5.26. The maximum absolute atomic E-state index is 12.2. The average Bonchev–Trinajstić information content (AvgIpc) is 2.75. The lowest BCUT2D eigenvalue weighted by atomic mass is 10.00. The molecule has 1 aliphatic rings. The number of anilines is 1. The number of carbonyl (C=O) groups excluding carboxylic acids is 2. The van der Waals surface area contributed by atoms with E-state index in [1.807, 2.05) is 0 Å². The number of amides is 3. The fraction of sp³-hybridized carbons (Fsp3) is 0.357. The Hall–Kier alpha value is -2.97. The molecule has 9 nitrogen and oxygen atoms in total. The number of urea groups is 1. The highest BCUT2D eigenvalue weighted by atomic mass is 16.6. The normalized spacial score (nSPS) is 20.9. The van der Waals surface area contributed by atoms with Crippen molar-refractivity contribution in [3.8, 4) is 0 Å². The van der Waals surface area contributed by atoms with Crippen LogP contribution in [0.5, 0.6) is 0 Å². The summed E-state index contributed by atoms with van der Waals surface area (Å²) in [5.74, 6) is -0.456. The largest absolute Gasteiger partial charge is 0.383 e. The first kappa shape index (κ1) is 16.4. The summed E-state index contributed by atoms with van der Waals surface area (Å²) < 4.78 is 0. The molecule has 1 saturated heterocycles. The Morgan fingerprint density at radius 1 is 1.48 bits per heavy atom. The molecule has 0 saturated carbocycles. The van der Waals surface area contributed by atoms with Crippen LogP contribution < -0.4 is 10.6 Å². The number of hydrazone groups is 1. The number of nitrogens with one attached hydrogen (secondary N) is 2. The van der Waals surface area contributed by atoms with E-state index in [0.29, 0.717) is 17.7 Å². The monoisotopic (exact) mass is 319 g/mol. The molecule has 1 aromatic rings. The van der Waals surface area contributed by atoms with Crippen LogP contribution in [-0.2, 0) is 4.79 Å². The van der Waals surface area contributed by atoms with E-state index in [1.54, 1.807) is 27.0 Å². The SMILES string of the molecule is CCC1(C)NC(=O)N(N=Cc2ccc(NC)c([N+](=O)[O-])c2)C1=O. The third-order valence-corrected chi connectivity index (χ3v) is 3.76. The number of carbonyl (C=O) groups is 2. The number of nitro groups is 1. The molecule has 1 heterocycles. The summed E-state index contributed by atoms with van der Waals surface area (Å²) >= 11 is 0. The second kappa shape index (κ2) is 6.03. The van der Waals surface area contributed by atoms with Gasteiger partial charge in [-0.2, -0.15) is 5.10 Å². The molecule has 0 aliphatic carbocycles. The van der Waals surface area contributed by atoms with Crippen molar-refractivity contribution in [2.45, 2.75) is 25.8 Å². The number of benzene rings is 1. The zero-order chi connectivity index (χ0) is 17.2. The van der Waals surface area contributed by atoms with E-state index in [0.717, 1.165) is 5.01 Å². The summed E-state index contributed by atoms with van der Waals surface area (Å²) in [6.45, 7) is 3.40. The first-order valence-electron chi connectivity index (χ1n) is 6.99. The molecule has 0 spiro atoms. The number of hydrogen-bond donors (Lipinski definition) is 2. The average molecular weight is 319 g/mol. The quantitative estimate of drug-likeness (QED) is 0.371. The number of nitrogens with zero attached hydrogens (tertiary/aromatic N) is 3. The fourth-order valence-corrected chi connectivity index (χ4v) is 2.13. The number of hydrogen-bond acceptors (Lipinski definition) is 6. The van der Waals surface area contributed by atoms with E-state index in [-0.39, 0.29) is 5.69 Å². The Morgan fingerprint density at radius 3 is 2.70 bits per heavy atom. The minimum Gasteiger partial charge on any atom is -0.383 e. The Labute approximate surface area is 132 Å². The van der Waals surface area contributed by atoms with Gasteiger partial charge in [-0.15, -0.1) is 5.01 Å². The van der Waals surface area contributed by atoms with Crippen molar-refractivity contribution in [3.05, 3.63) is 33.9 Å². The minimum absolute atomic E-state index is 0.118. The molecule has 1 fully saturated rings. The van der Waals surface area contributed by atoms with Gasteiger partial charge in [0.15, 0.2) is 0 Å². The van der Waals surface area contributed by atoms with Gasteiger partial charge < -0.3 is 10.6 Å². The van der Waals surface area contributed by atoms with Gasteiger partial charge in [0.1, 0.15) is 11.2 Å². The minimum atomic E-state index is -0.976. The van der Waals surface area contributed by atoms with Gasteiger partial charge in [0.2, 0.25) is 0 Å².